The number of amides is 1. The van der Waals surface area contributed by atoms with Crippen LogP contribution in [0.25, 0.3) is 0 Å². The molecule has 4 aliphatic carbocycles. The third kappa shape index (κ3) is 3.38. The van der Waals surface area contributed by atoms with Gasteiger partial charge in [-0.2, -0.15) is 0 Å². The number of ketones is 1. The minimum atomic E-state index is 0.00267. The van der Waals surface area contributed by atoms with Crippen molar-refractivity contribution in [2.75, 3.05) is 13.7 Å². The number of ether oxygens (including phenoxy) is 1. The second-order valence-corrected chi connectivity index (χ2v) is 8.95. The van der Waals surface area contributed by atoms with Gasteiger partial charge in [-0.1, -0.05) is 0 Å². The number of nitrogens with one attached hydrogen (secondary N) is 1. The highest BCUT2D eigenvalue weighted by Crippen LogP contribution is 2.59. The van der Waals surface area contributed by atoms with Crippen molar-refractivity contribution in [3.8, 4) is 5.75 Å². The number of benzene rings is 1. The lowest BCUT2D eigenvalue weighted by Gasteiger charge is -2.56. The molecule has 4 heteroatoms. The topological polar surface area (TPSA) is 55.4 Å². The van der Waals surface area contributed by atoms with Gasteiger partial charge < -0.3 is 10.1 Å². The summed E-state index contributed by atoms with van der Waals surface area (Å²) in [5.41, 5.74) is 1.74. The Hall–Kier alpha value is -1.84. The number of rotatable bonds is 6. The van der Waals surface area contributed by atoms with Gasteiger partial charge in [0.2, 0.25) is 5.91 Å². The molecule has 4 aliphatic rings. The van der Waals surface area contributed by atoms with Gasteiger partial charge in [-0.3, -0.25) is 9.59 Å². The summed E-state index contributed by atoms with van der Waals surface area (Å²) >= 11 is 0. The maximum atomic E-state index is 12.6. The van der Waals surface area contributed by atoms with E-state index in [4.69, 9.17) is 4.74 Å². The lowest BCUT2D eigenvalue weighted by Crippen LogP contribution is -2.51. The summed E-state index contributed by atoms with van der Waals surface area (Å²) in [7, 11) is 1.60. The highest BCUT2D eigenvalue weighted by molar-refractivity contribution is 5.94. The Bertz CT molecular complexity index is 689. The lowest BCUT2D eigenvalue weighted by molar-refractivity contribution is -0.122. The van der Waals surface area contributed by atoms with Gasteiger partial charge in [0.1, 0.15) is 5.75 Å². The summed E-state index contributed by atoms with van der Waals surface area (Å²) in [6, 6.07) is 5.31. The van der Waals surface area contributed by atoms with Crippen LogP contribution in [0.15, 0.2) is 18.2 Å². The number of methoxy groups -OCH3 is 1. The van der Waals surface area contributed by atoms with Crippen molar-refractivity contribution in [3.63, 3.8) is 0 Å². The van der Waals surface area contributed by atoms with Crippen molar-refractivity contribution in [1.82, 2.24) is 5.32 Å². The van der Waals surface area contributed by atoms with Crippen LogP contribution in [0.3, 0.4) is 0 Å². The molecular formula is C22H29NO3. The Kier molecular flexibility index (Phi) is 4.54. The van der Waals surface area contributed by atoms with Gasteiger partial charge in [0.25, 0.3) is 0 Å². The van der Waals surface area contributed by atoms with Crippen molar-refractivity contribution in [2.45, 2.75) is 51.9 Å². The van der Waals surface area contributed by atoms with E-state index < -0.39 is 0 Å². The third-order valence-corrected chi connectivity index (χ3v) is 6.86. The number of carbonyl (C=O) groups excluding carboxylic acids is 2. The molecular weight excluding hydrogens is 326 g/mol. The SMILES string of the molecule is COc1ccc(C(C)=O)cc1CC(=O)NCC12CC3CC(CC(C3)C1)C2. The lowest BCUT2D eigenvalue weighted by atomic mass is 9.49. The average Bonchev–Trinajstić information content (AvgIpc) is 2.59. The largest absolute Gasteiger partial charge is 0.496 e. The fourth-order valence-electron chi connectivity index (χ4n) is 6.16. The molecule has 0 spiro atoms. The number of carbonyl (C=O) groups is 2. The van der Waals surface area contributed by atoms with Gasteiger partial charge in [-0.25, -0.2) is 0 Å². The quantitative estimate of drug-likeness (QED) is 0.790. The summed E-state index contributed by atoms with van der Waals surface area (Å²) in [4.78, 5) is 24.2. The third-order valence-electron chi connectivity index (χ3n) is 6.86. The van der Waals surface area contributed by atoms with Crippen molar-refractivity contribution in [3.05, 3.63) is 29.3 Å². The summed E-state index contributed by atoms with van der Waals surface area (Å²) in [6.07, 6.45) is 8.40. The predicted octanol–water partition coefficient (Wildman–Crippen LogP) is 3.77. The fraction of sp³-hybridized carbons (Fsp3) is 0.636. The van der Waals surface area contributed by atoms with Crippen LogP contribution >= 0.6 is 0 Å². The highest BCUT2D eigenvalue weighted by Gasteiger charge is 2.50. The molecule has 0 radical (unpaired) electrons. The van der Waals surface area contributed by atoms with Crippen LogP contribution in [0.2, 0.25) is 0 Å². The number of hydrogen-bond donors (Lipinski definition) is 1. The van der Waals surface area contributed by atoms with Gasteiger partial charge in [0.05, 0.1) is 13.5 Å². The number of hydrogen-bond acceptors (Lipinski definition) is 3. The normalized spacial score (nSPS) is 31.7. The van der Waals surface area contributed by atoms with Crippen LogP contribution in [0.4, 0.5) is 0 Å². The zero-order chi connectivity index (χ0) is 18.3. The van der Waals surface area contributed by atoms with E-state index in [2.05, 4.69) is 5.32 Å². The molecule has 4 bridgehead atoms. The van der Waals surface area contributed by atoms with Gasteiger partial charge in [0, 0.05) is 17.7 Å². The molecule has 0 aliphatic heterocycles. The van der Waals surface area contributed by atoms with Crippen LogP contribution in [0.5, 0.6) is 5.75 Å². The smallest absolute Gasteiger partial charge is 0.224 e. The molecule has 5 rings (SSSR count). The van der Waals surface area contributed by atoms with Gasteiger partial charge in [-0.05, 0) is 86.8 Å². The Labute approximate surface area is 155 Å². The predicted molar refractivity (Wildman–Crippen MR) is 100 cm³/mol. The average molecular weight is 355 g/mol. The summed E-state index contributed by atoms with van der Waals surface area (Å²) in [5, 5.41) is 3.21. The second-order valence-electron chi connectivity index (χ2n) is 8.95. The van der Waals surface area contributed by atoms with E-state index in [0.717, 1.165) is 29.9 Å². The maximum Gasteiger partial charge on any atom is 0.224 e. The van der Waals surface area contributed by atoms with Gasteiger partial charge in [0.15, 0.2) is 5.78 Å². The van der Waals surface area contributed by atoms with E-state index in [0.29, 0.717) is 16.7 Å². The van der Waals surface area contributed by atoms with E-state index in [9.17, 15) is 9.59 Å². The molecule has 0 saturated heterocycles. The molecule has 4 saturated carbocycles. The minimum absolute atomic E-state index is 0.00267. The molecule has 1 aromatic rings. The van der Waals surface area contributed by atoms with Crippen LogP contribution in [-0.2, 0) is 11.2 Å². The molecule has 1 aromatic carbocycles. The summed E-state index contributed by atoms with van der Waals surface area (Å²) in [6.45, 7) is 2.35. The molecule has 0 aromatic heterocycles. The van der Waals surface area contributed by atoms with Crippen molar-refractivity contribution < 1.29 is 14.3 Å². The summed E-state index contributed by atoms with van der Waals surface area (Å²) < 4.78 is 5.37. The van der Waals surface area contributed by atoms with Crippen LogP contribution in [-0.4, -0.2) is 25.3 Å². The van der Waals surface area contributed by atoms with Crippen molar-refractivity contribution in [2.24, 2.45) is 23.2 Å². The van der Waals surface area contributed by atoms with Crippen LogP contribution < -0.4 is 10.1 Å². The Morgan fingerprint density at radius 3 is 2.27 bits per heavy atom. The van der Waals surface area contributed by atoms with E-state index >= 15 is 0 Å². The summed E-state index contributed by atoms with van der Waals surface area (Å²) in [5.74, 6) is 3.38. The Morgan fingerprint density at radius 1 is 1.12 bits per heavy atom. The molecule has 4 fully saturated rings. The van der Waals surface area contributed by atoms with E-state index in [1.54, 1.807) is 32.2 Å². The standard InChI is InChI=1S/C22H29NO3/c1-14(24)18-3-4-20(26-2)19(8-18)9-21(25)23-13-22-10-15-5-16(11-22)7-17(6-15)12-22/h3-4,8,15-17H,5-7,9-13H2,1-2H3,(H,23,25). The van der Waals surface area contributed by atoms with E-state index in [1.165, 1.54) is 38.5 Å². The molecule has 0 unspecified atom stereocenters. The molecule has 0 heterocycles. The van der Waals surface area contributed by atoms with Crippen LogP contribution in [0.1, 0.15) is 61.4 Å². The molecule has 0 atom stereocenters. The molecule has 1 amide bonds. The molecule has 1 N–H and O–H groups in total. The zero-order valence-corrected chi connectivity index (χ0v) is 15.8. The molecule has 4 nitrogen and oxygen atoms in total. The molecule has 26 heavy (non-hydrogen) atoms. The Balaban J connectivity index is 1.40. The minimum Gasteiger partial charge on any atom is -0.496 e. The Morgan fingerprint density at radius 2 is 1.73 bits per heavy atom. The monoisotopic (exact) mass is 355 g/mol. The highest BCUT2D eigenvalue weighted by atomic mass is 16.5. The van der Waals surface area contributed by atoms with Gasteiger partial charge in [-0.15, -0.1) is 0 Å². The van der Waals surface area contributed by atoms with E-state index in [-0.39, 0.29) is 18.1 Å². The van der Waals surface area contributed by atoms with Crippen molar-refractivity contribution in [1.29, 1.82) is 0 Å². The van der Waals surface area contributed by atoms with Gasteiger partial charge >= 0.3 is 0 Å². The van der Waals surface area contributed by atoms with Crippen molar-refractivity contribution >= 4 is 11.7 Å². The maximum absolute atomic E-state index is 12.6. The first-order chi connectivity index (χ1) is 12.5. The zero-order valence-electron chi connectivity index (χ0n) is 15.8. The van der Waals surface area contributed by atoms with Crippen LogP contribution in [0, 0.1) is 23.2 Å². The molecule has 140 valence electrons. The second kappa shape index (κ2) is 6.71. The first-order valence-electron chi connectivity index (χ1n) is 9.91. The first kappa shape index (κ1) is 17.6. The fourth-order valence-corrected chi connectivity index (χ4v) is 6.16. The first-order valence-corrected chi connectivity index (χ1v) is 9.91. The number of Topliss-reactive ketones (excluding diaryl/α,β-unsaturated/α-hetero) is 1. The van der Waals surface area contributed by atoms with E-state index in [1.807, 2.05) is 0 Å².